The minimum absolute atomic E-state index is 0.296. The molecule has 0 aromatic rings. The molecule has 0 radical (unpaired) electrons. The van der Waals surface area contributed by atoms with E-state index < -0.39 is 21.9 Å². The molecule has 0 aliphatic carbocycles. The molecule has 4 nitrogen and oxygen atoms in total. The number of amides is 2. The molecule has 0 atom stereocenters. The Hall–Kier alpha value is -0.480. The summed E-state index contributed by atoms with van der Waals surface area (Å²) in [7, 11) is 0. The zero-order valence-electron chi connectivity index (χ0n) is 9.17. The van der Waals surface area contributed by atoms with Crippen LogP contribution in [0.2, 0.25) is 0 Å². The number of rotatable bonds is 1. The third kappa shape index (κ3) is 1.81. The minimum Gasteiger partial charge on any atom is -0.285 e. The lowest BCUT2D eigenvalue weighted by molar-refractivity contribution is -0.144. The summed E-state index contributed by atoms with van der Waals surface area (Å²) in [6, 6.07) is 0. The van der Waals surface area contributed by atoms with Gasteiger partial charge in [-0.3, -0.25) is 19.4 Å². The van der Waals surface area contributed by atoms with Gasteiger partial charge in [-0.15, -0.1) is 0 Å². The van der Waals surface area contributed by atoms with Gasteiger partial charge in [0.05, 0.1) is 0 Å². The van der Waals surface area contributed by atoms with Crippen LogP contribution in [-0.4, -0.2) is 38.3 Å². The molecule has 1 rings (SSSR count). The van der Waals surface area contributed by atoms with E-state index in [-0.39, 0.29) is 0 Å². The maximum absolute atomic E-state index is 11.7. The monoisotopic (exact) mass is 252 g/mol. The molecule has 0 aromatic carbocycles. The molecule has 0 unspecified atom stereocenters. The van der Waals surface area contributed by atoms with Gasteiger partial charge in [-0.25, -0.2) is 0 Å². The van der Waals surface area contributed by atoms with Gasteiger partial charge in [0.1, 0.15) is 0 Å². The van der Waals surface area contributed by atoms with Gasteiger partial charge >= 0.3 is 11.8 Å². The number of hydrogen-bond acceptors (Lipinski definition) is 2. The first-order chi connectivity index (χ1) is 6.64. The zero-order valence-corrected chi connectivity index (χ0v) is 10.7. The van der Waals surface area contributed by atoms with Gasteiger partial charge < -0.3 is 0 Å². The van der Waals surface area contributed by atoms with Crippen LogP contribution in [0.5, 0.6) is 0 Å². The summed E-state index contributed by atoms with van der Waals surface area (Å²) in [5.41, 5.74) is -0.597. The van der Waals surface area contributed by atoms with Crippen molar-refractivity contribution >= 4 is 35.0 Å². The van der Waals surface area contributed by atoms with Crippen molar-refractivity contribution in [1.82, 2.24) is 9.80 Å². The Balaban J connectivity index is 3.20. The van der Waals surface area contributed by atoms with Crippen LogP contribution in [0.3, 0.4) is 0 Å². The average Bonchev–Trinajstić information content (AvgIpc) is 2.17. The molecule has 1 heterocycles. The van der Waals surface area contributed by atoms with Crippen molar-refractivity contribution in [2.24, 2.45) is 0 Å². The van der Waals surface area contributed by atoms with Gasteiger partial charge in [-0.2, -0.15) is 0 Å². The van der Waals surface area contributed by atoms with Crippen molar-refractivity contribution in [3.05, 3.63) is 0 Å². The van der Waals surface area contributed by atoms with E-state index in [1.807, 2.05) is 0 Å². The van der Waals surface area contributed by atoms with Crippen molar-refractivity contribution in [1.29, 1.82) is 0 Å². The molecular weight excluding hydrogens is 239 g/mol. The van der Waals surface area contributed by atoms with Crippen LogP contribution < -0.4 is 0 Å². The SMILES string of the molecule is CCN1C(=O)C(=O)N(C(C)(C)C)C1(Cl)Cl. The van der Waals surface area contributed by atoms with E-state index in [1.165, 1.54) is 4.90 Å². The van der Waals surface area contributed by atoms with Crippen LogP contribution in [0.1, 0.15) is 27.7 Å². The van der Waals surface area contributed by atoms with Crippen molar-refractivity contribution in [2.45, 2.75) is 37.8 Å². The molecule has 0 N–H and O–H groups in total. The van der Waals surface area contributed by atoms with Crippen molar-refractivity contribution in [3.8, 4) is 0 Å². The van der Waals surface area contributed by atoms with Crippen LogP contribution in [0.15, 0.2) is 0 Å². The van der Waals surface area contributed by atoms with Crippen LogP contribution in [0.4, 0.5) is 0 Å². The number of carbonyl (C=O) groups excluding carboxylic acids is 2. The highest BCUT2D eigenvalue weighted by Gasteiger charge is 2.57. The van der Waals surface area contributed by atoms with E-state index in [4.69, 9.17) is 23.2 Å². The second-order valence-electron chi connectivity index (χ2n) is 4.37. The molecule has 15 heavy (non-hydrogen) atoms. The second-order valence-corrected chi connectivity index (χ2v) is 5.62. The van der Waals surface area contributed by atoms with E-state index in [1.54, 1.807) is 27.7 Å². The van der Waals surface area contributed by atoms with Crippen molar-refractivity contribution < 1.29 is 9.59 Å². The van der Waals surface area contributed by atoms with E-state index in [0.717, 1.165) is 4.90 Å². The molecule has 2 amide bonds. The Kier molecular flexibility index (Phi) is 2.96. The maximum Gasteiger partial charge on any atom is 0.316 e. The molecule has 0 bridgehead atoms. The summed E-state index contributed by atoms with van der Waals surface area (Å²) in [6.45, 7) is 7.34. The lowest BCUT2D eigenvalue weighted by atomic mass is 10.1. The number of halogens is 2. The summed E-state index contributed by atoms with van der Waals surface area (Å²) >= 11 is 12.1. The number of alkyl halides is 2. The zero-order chi connectivity index (χ0) is 12.0. The Morgan fingerprint density at radius 2 is 1.67 bits per heavy atom. The third-order valence-electron chi connectivity index (χ3n) is 2.21. The Morgan fingerprint density at radius 3 is 1.87 bits per heavy atom. The number of nitrogens with zero attached hydrogens (tertiary/aromatic N) is 2. The highest BCUT2D eigenvalue weighted by molar-refractivity contribution is 6.55. The molecule has 0 spiro atoms. The van der Waals surface area contributed by atoms with E-state index in [2.05, 4.69) is 0 Å². The number of carbonyl (C=O) groups is 2. The van der Waals surface area contributed by atoms with Crippen molar-refractivity contribution in [2.75, 3.05) is 6.54 Å². The average molecular weight is 253 g/mol. The number of hydrogen-bond donors (Lipinski definition) is 0. The quantitative estimate of drug-likeness (QED) is 0.404. The van der Waals surface area contributed by atoms with Crippen LogP contribution in [-0.2, 0) is 9.59 Å². The van der Waals surface area contributed by atoms with E-state index in [0.29, 0.717) is 6.54 Å². The van der Waals surface area contributed by atoms with E-state index in [9.17, 15) is 9.59 Å². The topological polar surface area (TPSA) is 40.6 Å². The summed E-state index contributed by atoms with van der Waals surface area (Å²) in [5, 5.41) is 0. The molecule has 1 aliphatic rings. The Morgan fingerprint density at radius 1 is 1.20 bits per heavy atom. The summed E-state index contributed by atoms with van der Waals surface area (Å²) in [5.74, 6) is -1.31. The Bertz CT molecular complexity index is 310. The van der Waals surface area contributed by atoms with Crippen LogP contribution >= 0.6 is 23.2 Å². The summed E-state index contributed by atoms with van der Waals surface area (Å²) in [4.78, 5) is 25.6. The normalized spacial score (nSPS) is 21.5. The fourth-order valence-corrected chi connectivity index (χ4v) is 2.67. The molecule has 1 aliphatic heterocycles. The maximum atomic E-state index is 11.7. The lowest BCUT2D eigenvalue weighted by Crippen LogP contribution is -2.53. The predicted octanol–water partition coefficient (Wildman–Crippen LogP) is 1.56. The molecule has 1 fully saturated rings. The first kappa shape index (κ1) is 12.6. The molecule has 1 saturated heterocycles. The highest BCUT2D eigenvalue weighted by atomic mass is 35.5. The molecule has 86 valence electrons. The first-order valence-electron chi connectivity index (χ1n) is 4.68. The summed E-state index contributed by atoms with van der Waals surface area (Å²) < 4.78 is -1.58. The van der Waals surface area contributed by atoms with E-state index >= 15 is 0 Å². The molecular formula is C9H14Cl2N2O2. The Labute approximate surface area is 99.1 Å². The van der Waals surface area contributed by atoms with Gasteiger partial charge in [0.2, 0.25) is 0 Å². The largest absolute Gasteiger partial charge is 0.316 e. The second kappa shape index (κ2) is 3.52. The standard InChI is InChI=1S/C9H14Cl2N2O2/c1-5-12-6(14)7(15)13(8(2,3)4)9(12,10)11/h5H2,1-4H3. The van der Waals surface area contributed by atoms with Crippen LogP contribution in [0.25, 0.3) is 0 Å². The molecule has 0 aromatic heterocycles. The molecule has 0 saturated carbocycles. The van der Waals surface area contributed by atoms with Gasteiger partial charge in [0.25, 0.3) is 4.58 Å². The van der Waals surface area contributed by atoms with Gasteiger partial charge in [0, 0.05) is 12.1 Å². The highest BCUT2D eigenvalue weighted by Crippen LogP contribution is 2.40. The molecule has 6 heteroatoms. The smallest absolute Gasteiger partial charge is 0.285 e. The van der Waals surface area contributed by atoms with Gasteiger partial charge in [-0.1, -0.05) is 23.2 Å². The van der Waals surface area contributed by atoms with Crippen LogP contribution in [0, 0.1) is 0 Å². The first-order valence-corrected chi connectivity index (χ1v) is 5.43. The minimum atomic E-state index is -1.58. The van der Waals surface area contributed by atoms with Crippen molar-refractivity contribution in [3.63, 3.8) is 0 Å². The lowest BCUT2D eigenvalue weighted by Gasteiger charge is -2.39. The third-order valence-corrected chi connectivity index (χ3v) is 2.96. The fourth-order valence-electron chi connectivity index (χ4n) is 1.62. The summed E-state index contributed by atoms with van der Waals surface area (Å²) in [6.07, 6.45) is 0. The van der Waals surface area contributed by atoms with Gasteiger partial charge in [-0.05, 0) is 27.7 Å². The number of likely N-dealkylation sites (N-methyl/N-ethyl adjacent to an activating group) is 1. The van der Waals surface area contributed by atoms with Gasteiger partial charge in [0.15, 0.2) is 0 Å². The predicted molar refractivity (Wildman–Crippen MR) is 58.4 cm³/mol. The fraction of sp³-hybridized carbons (Fsp3) is 0.778.